The Balaban J connectivity index is 1.61. The van der Waals surface area contributed by atoms with Gasteiger partial charge in [-0.15, -0.1) is 0 Å². The summed E-state index contributed by atoms with van der Waals surface area (Å²) in [5.74, 6) is 0.875. The van der Waals surface area contributed by atoms with Crippen LogP contribution >= 0.6 is 0 Å². The highest BCUT2D eigenvalue weighted by molar-refractivity contribution is 5.14. The topological polar surface area (TPSA) is 66.7 Å². The van der Waals surface area contributed by atoms with E-state index in [1.54, 1.807) is 6.20 Å². The van der Waals surface area contributed by atoms with Crippen molar-refractivity contribution in [2.45, 2.75) is 26.3 Å². The van der Waals surface area contributed by atoms with Crippen LogP contribution in [0, 0.1) is 6.92 Å². The van der Waals surface area contributed by atoms with Gasteiger partial charge in [-0.05, 0) is 31.9 Å². The van der Waals surface area contributed by atoms with E-state index in [4.69, 9.17) is 4.42 Å². The van der Waals surface area contributed by atoms with Crippen molar-refractivity contribution in [1.29, 1.82) is 0 Å². The summed E-state index contributed by atoms with van der Waals surface area (Å²) < 4.78 is 5.12. The number of rotatable bonds is 6. The Bertz CT molecular complexity index is 407. The Kier molecular flexibility index (Phi) is 3.71. The molecule has 0 unspecified atom stereocenters. The molecule has 16 heavy (non-hydrogen) atoms. The predicted molar refractivity (Wildman–Crippen MR) is 59.9 cm³/mol. The number of hydrogen-bond acceptors (Lipinski definition) is 4. The zero-order chi connectivity index (χ0) is 11.2. The molecule has 0 fully saturated rings. The molecule has 0 radical (unpaired) electrons. The van der Waals surface area contributed by atoms with Gasteiger partial charge < -0.3 is 9.73 Å². The zero-order valence-corrected chi connectivity index (χ0v) is 9.36. The van der Waals surface area contributed by atoms with Crippen LogP contribution < -0.4 is 5.32 Å². The number of hydrogen-bond donors (Lipinski definition) is 2. The van der Waals surface area contributed by atoms with Gasteiger partial charge >= 0.3 is 0 Å². The van der Waals surface area contributed by atoms with E-state index in [2.05, 4.69) is 20.5 Å². The molecule has 0 amide bonds. The molecule has 0 aromatic carbocycles. The standard InChI is InChI=1S/C11H16N4O/c1-9-10(5-14-15-9)3-2-4-12-6-11-7-13-8-16-11/h5,7-8,12H,2-4,6H2,1H3,(H,14,15). The van der Waals surface area contributed by atoms with Gasteiger partial charge in [0, 0.05) is 5.69 Å². The smallest absolute Gasteiger partial charge is 0.180 e. The van der Waals surface area contributed by atoms with Crippen molar-refractivity contribution in [2.24, 2.45) is 0 Å². The van der Waals surface area contributed by atoms with Gasteiger partial charge in [-0.2, -0.15) is 5.10 Å². The first kappa shape index (κ1) is 10.9. The first-order valence-corrected chi connectivity index (χ1v) is 5.43. The van der Waals surface area contributed by atoms with Crippen LogP contribution in [0.25, 0.3) is 0 Å². The van der Waals surface area contributed by atoms with E-state index in [9.17, 15) is 0 Å². The molecule has 0 atom stereocenters. The molecular weight excluding hydrogens is 204 g/mol. The lowest BCUT2D eigenvalue weighted by Gasteiger charge is -2.01. The van der Waals surface area contributed by atoms with Gasteiger partial charge in [0.05, 0.1) is 18.9 Å². The summed E-state index contributed by atoms with van der Waals surface area (Å²) >= 11 is 0. The second-order valence-corrected chi connectivity index (χ2v) is 3.77. The van der Waals surface area contributed by atoms with E-state index >= 15 is 0 Å². The summed E-state index contributed by atoms with van der Waals surface area (Å²) in [7, 11) is 0. The molecule has 2 rings (SSSR count). The first-order valence-electron chi connectivity index (χ1n) is 5.43. The van der Waals surface area contributed by atoms with E-state index in [0.29, 0.717) is 0 Å². The van der Waals surface area contributed by atoms with Crippen molar-refractivity contribution < 1.29 is 4.42 Å². The minimum atomic E-state index is 0.740. The lowest BCUT2D eigenvalue weighted by molar-refractivity contribution is 0.477. The summed E-state index contributed by atoms with van der Waals surface area (Å²) in [5, 5.41) is 10.2. The molecule has 0 bridgehead atoms. The van der Waals surface area contributed by atoms with Crippen LogP contribution in [-0.2, 0) is 13.0 Å². The molecule has 0 aliphatic rings. The molecule has 0 aliphatic carbocycles. The number of H-pyrrole nitrogens is 1. The molecule has 5 heteroatoms. The average molecular weight is 220 g/mol. The lowest BCUT2D eigenvalue weighted by atomic mass is 10.1. The molecule has 2 heterocycles. The van der Waals surface area contributed by atoms with Crippen LogP contribution in [0.3, 0.4) is 0 Å². The van der Waals surface area contributed by atoms with E-state index in [1.807, 2.05) is 13.1 Å². The normalized spacial score (nSPS) is 10.8. The number of nitrogens with one attached hydrogen (secondary N) is 2. The van der Waals surface area contributed by atoms with Gasteiger partial charge in [-0.3, -0.25) is 5.10 Å². The molecule has 0 saturated carbocycles. The fourth-order valence-electron chi connectivity index (χ4n) is 1.57. The van der Waals surface area contributed by atoms with Gasteiger partial charge in [0.25, 0.3) is 0 Å². The Labute approximate surface area is 94.3 Å². The molecule has 2 aromatic rings. The van der Waals surface area contributed by atoms with E-state index in [-0.39, 0.29) is 0 Å². The highest BCUT2D eigenvalue weighted by Crippen LogP contribution is 2.05. The van der Waals surface area contributed by atoms with E-state index < -0.39 is 0 Å². The van der Waals surface area contributed by atoms with Crippen molar-refractivity contribution in [3.05, 3.63) is 35.8 Å². The third-order valence-corrected chi connectivity index (χ3v) is 2.52. The molecule has 2 aromatic heterocycles. The van der Waals surface area contributed by atoms with E-state index in [0.717, 1.165) is 37.4 Å². The van der Waals surface area contributed by atoms with Gasteiger partial charge in [-0.25, -0.2) is 4.98 Å². The van der Waals surface area contributed by atoms with Crippen LogP contribution in [-0.4, -0.2) is 21.7 Å². The molecule has 0 aliphatic heterocycles. The molecule has 0 spiro atoms. The second-order valence-electron chi connectivity index (χ2n) is 3.77. The maximum absolute atomic E-state index is 5.12. The number of oxazole rings is 1. The van der Waals surface area contributed by atoms with Crippen molar-refractivity contribution in [3.8, 4) is 0 Å². The van der Waals surface area contributed by atoms with Crippen molar-refractivity contribution in [3.63, 3.8) is 0 Å². The summed E-state index contributed by atoms with van der Waals surface area (Å²) in [6.07, 6.45) is 7.21. The molecule has 86 valence electrons. The first-order chi connectivity index (χ1) is 7.86. The molecule has 2 N–H and O–H groups in total. The largest absolute Gasteiger partial charge is 0.447 e. The highest BCUT2D eigenvalue weighted by atomic mass is 16.3. The summed E-state index contributed by atoms with van der Waals surface area (Å²) in [6.45, 7) is 3.75. The monoisotopic (exact) mass is 220 g/mol. The fourth-order valence-corrected chi connectivity index (χ4v) is 1.57. The van der Waals surface area contributed by atoms with Gasteiger partial charge in [0.2, 0.25) is 0 Å². The van der Waals surface area contributed by atoms with Crippen LogP contribution in [0.15, 0.2) is 23.2 Å². The summed E-state index contributed by atoms with van der Waals surface area (Å²) in [5.41, 5.74) is 2.46. The lowest BCUT2D eigenvalue weighted by Crippen LogP contribution is -2.14. The molecule has 5 nitrogen and oxygen atoms in total. The Morgan fingerprint density at radius 3 is 3.06 bits per heavy atom. The number of aromatic amines is 1. The number of aryl methyl sites for hydroxylation is 2. The minimum Gasteiger partial charge on any atom is -0.447 e. The quantitative estimate of drug-likeness (QED) is 0.723. The molecular formula is C11H16N4O. The predicted octanol–water partition coefficient (Wildman–Crippen LogP) is 1.43. The van der Waals surface area contributed by atoms with Crippen molar-refractivity contribution in [1.82, 2.24) is 20.5 Å². The zero-order valence-electron chi connectivity index (χ0n) is 9.36. The maximum atomic E-state index is 5.12. The van der Waals surface area contributed by atoms with Crippen LogP contribution in [0.2, 0.25) is 0 Å². The van der Waals surface area contributed by atoms with E-state index in [1.165, 1.54) is 12.0 Å². The highest BCUT2D eigenvalue weighted by Gasteiger charge is 2.00. The third kappa shape index (κ3) is 2.93. The summed E-state index contributed by atoms with van der Waals surface area (Å²) in [6, 6.07) is 0. The average Bonchev–Trinajstić information content (AvgIpc) is 2.90. The summed E-state index contributed by atoms with van der Waals surface area (Å²) in [4.78, 5) is 3.85. The SMILES string of the molecule is Cc1[nH]ncc1CCCNCc1cnco1. The number of aromatic nitrogens is 3. The van der Waals surface area contributed by atoms with Crippen molar-refractivity contribution in [2.75, 3.05) is 6.54 Å². The molecule has 0 saturated heterocycles. The Hall–Kier alpha value is -1.62. The number of nitrogens with zero attached hydrogens (tertiary/aromatic N) is 2. The third-order valence-electron chi connectivity index (χ3n) is 2.52. The van der Waals surface area contributed by atoms with Crippen LogP contribution in [0.1, 0.15) is 23.4 Å². The maximum Gasteiger partial charge on any atom is 0.180 e. The van der Waals surface area contributed by atoms with Crippen molar-refractivity contribution >= 4 is 0 Å². The Morgan fingerprint density at radius 1 is 1.44 bits per heavy atom. The minimum absolute atomic E-state index is 0.740. The second kappa shape index (κ2) is 5.46. The van der Waals surface area contributed by atoms with Crippen LogP contribution in [0.5, 0.6) is 0 Å². The van der Waals surface area contributed by atoms with Gasteiger partial charge in [-0.1, -0.05) is 0 Å². The van der Waals surface area contributed by atoms with Gasteiger partial charge in [0.1, 0.15) is 5.76 Å². The van der Waals surface area contributed by atoms with Crippen LogP contribution in [0.4, 0.5) is 0 Å². The fraction of sp³-hybridized carbons (Fsp3) is 0.455. The van der Waals surface area contributed by atoms with Gasteiger partial charge in [0.15, 0.2) is 6.39 Å². The Morgan fingerprint density at radius 2 is 2.38 bits per heavy atom.